The maximum Gasteiger partial charge on any atom is 0.256 e. The SMILES string of the molecule is CNS(=O)(=O)c1ccc2c(c1)C(=Cc1ccc(Br)o1)C(=O)N2. The smallest absolute Gasteiger partial charge is 0.256 e. The van der Waals surface area contributed by atoms with Gasteiger partial charge in [-0.2, -0.15) is 0 Å². The highest BCUT2D eigenvalue weighted by Crippen LogP contribution is 2.35. The van der Waals surface area contributed by atoms with Crippen LogP contribution in [0.15, 0.2) is 44.3 Å². The number of carbonyl (C=O) groups is 1. The van der Waals surface area contributed by atoms with Gasteiger partial charge in [-0.25, -0.2) is 13.1 Å². The Morgan fingerprint density at radius 2 is 2.05 bits per heavy atom. The molecule has 0 radical (unpaired) electrons. The first-order chi connectivity index (χ1) is 10.4. The molecule has 6 nitrogen and oxygen atoms in total. The highest BCUT2D eigenvalue weighted by molar-refractivity contribution is 9.10. The summed E-state index contributed by atoms with van der Waals surface area (Å²) in [6.45, 7) is 0. The van der Waals surface area contributed by atoms with E-state index in [0.29, 0.717) is 27.3 Å². The van der Waals surface area contributed by atoms with Crippen LogP contribution in [0, 0.1) is 0 Å². The molecule has 2 aromatic rings. The number of furan rings is 1. The normalized spacial score (nSPS) is 15.9. The minimum absolute atomic E-state index is 0.0942. The second-order valence-corrected chi connectivity index (χ2v) is 7.24. The predicted octanol–water partition coefficient (Wildman–Crippen LogP) is 2.44. The van der Waals surface area contributed by atoms with Gasteiger partial charge in [-0.3, -0.25) is 4.79 Å². The lowest BCUT2D eigenvalue weighted by molar-refractivity contribution is -0.110. The fraction of sp³-hybridized carbons (Fsp3) is 0.0714. The summed E-state index contributed by atoms with van der Waals surface area (Å²) in [5.74, 6) is 0.188. The molecule has 0 unspecified atom stereocenters. The fourth-order valence-electron chi connectivity index (χ4n) is 2.14. The number of sulfonamides is 1. The van der Waals surface area contributed by atoms with Gasteiger partial charge in [-0.05, 0) is 59.4 Å². The number of hydrogen-bond acceptors (Lipinski definition) is 4. The maximum absolute atomic E-state index is 12.1. The van der Waals surface area contributed by atoms with Crippen LogP contribution in [0.5, 0.6) is 0 Å². The van der Waals surface area contributed by atoms with Crippen LogP contribution in [0.25, 0.3) is 11.6 Å². The van der Waals surface area contributed by atoms with Gasteiger partial charge in [0.25, 0.3) is 5.91 Å². The Bertz CT molecular complexity index is 899. The van der Waals surface area contributed by atoms with E-state index in [2.05, 4.69) is 26.0 Å². The molecule has 0 fully saturated rings. The molecule has 2 heterocycles. The summed E-state index contributed by atoms with van der Waals surface area (Å²) in [6.07, 6.45) is 1.57. The minimum Gasteiger partial charge on any atom is -0.450 e. The van der Waals surface area contributed by atoms with E-state index in [0.717, 1.165) is 0 Å². The summed E-state index contributed by atoms with van der Waals surface area (Å²) in [4.78, 5) is 12.2. The predicted molar refractivity (Wildman–Crippen MR) is 85.6 cm³/mol. The van der Waals surface area contributed by atoms with Crippen molar-refractivity contribution < 1.29 is 17.6 Å². The van der Waals surface area contributed by atoms with Gasteiger partial charge in [0.2, 0.25) is 10.0 Å². The number of fused-ring (bicyclic) bond motifs is 1. The van der Waals surface area contributed by atoms with Crippen molar-refractivity contribution in [3.63, 3.8) is 0 Å². The van der Waals surface area contributed by atoms with E-state index in [1.54, 1.807) is 24.3 Å². The average molecular weight is 383 g/mol. The van der Waals surface area contributed by atoms with Gasteiger partial charge in [0.15, 0.2) is 4.67 Å². The summed E-state index contributed by atoms with van der Waals surface area (Å²) < 4.78 is 31.9. The van der Waals surface area contributed by atoms with Crippen molar-refractivity contribution in [1.82, 2.24) is 4.72 Å². The molecule has 1 aromatic carbocycles. The lowest BCUT2D eigenvalue weighted by atomic mass is 10.1. The second-order valence-electron chi connectivity index (χ2n) is 4.57. The molecule has 1 aromatic heterocycles. The third kappa shape index (κ3) is 2.60. The van der Waals surface area contributed by atoms with Crippen LogP contribution in [-0.2, 0) is 14.8 Å². The Hall–Kier alpha value is -1.90. The van der Waals surface area contributed by atoms with Gasteiger partial charge in [-0.15, -0.1) is 0 Å². The summed E-state index contributed by atoms with van der Waals surface area (Å²) >= 11 is 3.19. The van der Waals surface area contributed by atoms with Crippen molar-refractivity contribution in [3.8, 4) is 0 Å². The quantitative estimate of drug-likeness (QED) is 0.797. The van der Waals surface area contributed by atoms with Crippen molar-refractivity contribution >= 4 is 49.2 Å². The molecule has 1 aliphatic heterocycles. The number of anilines is 1. The molecule has 0 bridgehead atoms. The van der Waals surface area contributed by atoms with Crippen molar-refractivity contribution in [3.05, 3.63) is 46.3 Å². The van der Waals surface area contributed by atoms with Gasteiger partial charge >= 0.3 is 0 Å². The number of hydrogen-bond donors (Lipinski definition) is 2. The molecule has 22 heavy (non-hydrogen) atoms. The van der Waals surface area contributed by atoms with Crippen molar-refractivity contribution in [2.24, 2.45) is 0 Å². The first kappa shape index (κ1) is 15.0. The standard InChI is InChI=1S/C14H11BrN2O4S/c1-16-22(19,20)9-3-4-12-10(7-9)11(14(18)17-12)6-8-2-5-13(15)21-8/h2-7,16H,1H3,(H,17,18). The number of carbonyl (C=O) groups excluding carboxylic acids is 1. The van der Waals surface area contributed by atoms with Gasteiger partial charge in [0.05, 0.1) is 10.5 Å². The highest BCUT2D eigenvalue weighted by atomic mass is 79.9. The maximum atomic E-state index is 12.1. The van der Waals surface area contributed by atoms with Crippen LogP contribution >= 0.6 is 15.9 Å². The lowest BCUT2D eigenvalue weighted by Gasteiger charge is -2.05. The summed E-state index contributed by atoms with van der Waals surface area (Å²) in [5, 5.41) is 2.70. The molecule has 0 atom stereocenters. The topological polar surface area (TPSA) is 88.4 Å². The van der Waals surface area contributed by atoms with E-state index >= 15 is 0 Å². The van der Waals surface area contributed by atoms with Crippen LogP contribution in [0.3, 0.4) is 0 Å². The van der Waals surface area contributed by atoms with Crippen LogP contribution in [-0.4, -0.2) is 21.4 Å². The average Bonchev–Trinajstić information content (AvgIpc) is 3.03. The third-order valence-electron chi connectivity index (χ3n) is 3.23. The zero-order valence-corrected chi connectivity index (χ0v) is 13.8. The van der Waals surface area contributed by atoms with Crippen molar-refractivity contribution in [2.45, 2.75) is 4.90 Å². The van der Waals surface area contributed by atoms with Crippen LogP contribution in [0.1, 0.15) is 11.3 Å². The highest BCUT2D eigenvalue weighted by Gasteiger charge is 2.26. The fourth-order valence-corrected chi connectivity index (χ4v) is 3.22. The first-order valence-corrected chi connectivity index (χ1v) is 8.55. The zero-order valence-electron chi connectivity index (χ0n) is 11.4. The Morgan fingerprint density at radius 3 is 2.68 bits per heavy atom. The van der Waals surface area contributed by atoms with E-state index in [4.69, 9.17) is 4.42 Å². The number of rotatable bonds is 3. The Balaban J connectivity index is 2.12. The van der Waals surface area contributed by atoms with Crippen molar-refractivity contribution in [2.75, 3.05) is 12.4 Å². The molecule has 0 saturated carbocycles. The minimum atomic E-state index is -3.58. The molecule has 0 spiro atoms. The number of halogens is 1. The molecule has 8 heteroatoms. The molecule has 1 amide bonds. The van der Waals surface area contributed by atoms with E-state index in [-0.39, 0.29) is 10.8 Å². The Labute approximate surface area is 135 Å². The van der Waals surface area contributed by atoms with Gasteiger partial charge < -0.3 is 9.73 Å². The van der Waals surface area contributed by atoms with Gasteiger partial charge in [0, 0.05) is 11.3 Å². The number of amides is 1. The van der Waals surface area contributed by atoms with Crippen LogP contribution in [0.4, 0.5) is 5.69 Å². The molecule has 2 N–H and O–H groups in total. The Kier molecular flexibility index (Phi) is 3.67. The largest absolute Gasteiger partial charge is 0.450 e. The molecule has 3 rings (SSSR count). The molecule has 114 valence electrons. The van der Waals surface area contributed by atoms with Crippen LogP contribution in [0.2, 0.25) is 0 Å². The molecular weight excluding hydrogens is 372 g/mol. The van der Waals surface area contributed by atoms with Crippen molar-refractivity contribution in [1.29, 1.82) is 0 Å². The van der Waals surface area contributed by atoms with E-state index in [1.165, 1.54) is 19.2 Å². The summed E-state index contributed by atoms with van der Waals surface area (Å²) in [5.41, 5.74) is 1.44. The number of benzene rings is 1. The summed E-state index contributed by atoms with van der Waals surface area (Å²) in [7, 11) is -2.24. The zero-order chi connectivity index (χ0) is 15.9. The molecule has 0 saturated heterocycles. The van der Waals surface area contributed by atoms with E-state index < -0.39 is 10.0 Å². The number of nitrogens with one attached hydrogen (secondary N) is 2. The van der Waals surface area contributed by atoms with Gasteiger partial charge in [0.1, 0.15) is 5.76 Å². The first-order valence-electron chi connectivity index (χ1n) is 6.27. The molecule has 0 aliphatic carbocycles. The molecule has 1 aliphatic rings. The lowest BCUT2D eigenvalue weighted by Crippen LogP contribution is -2.18. The van der Waals surface area contributed by atoms with Gasteiger partial charge in [-0.1, -0.05) is 0 Å². The molecular formula is C14H11BrN2O4S. The second kappa shape index (κ2) is 5.38. The van der Waals surface area contributed by atoms with E-state index in [9.17, 15) is 13.2 Å². The summed E-state index contributed by atoms with van der Waals surface area (Å²) in [6, 6.07) is 7.88. The Morgan fingerprint density at radius 1 is 1.27 bits per heavy atom. The third-order valence-corrected chi connectivity index (χ3v) is 5.07. The monoisotopic (exact) mass is 382 g/mol. The van der Waals surface area contributed by atoms with Crippen LogP contribution < -0.4 is 10.0 Å². The van der Waals surface area contributed by atoms with E-state index in [1.807, 2.05) is 0 Å².